The molecule has 0 aliphatic rings. The van der Waals surface area contributed by atoms with Crippen LogP contribution in [-0.4, -0.2) is 23.2 Å². The highest BCUT2D eigenvalue weighted by molar-refractivity contribution is 5.88. The van der Waals surface area contributed by atoms with Crippen molar-refractivity contribution >= 4 is 5.97 Å². The maximum Gasteiger partial charge on any atom is 0.335 e. The zero-order valence-electron chi connectivity index (χ0n) is 19.6. The van der Waals surface area contributed by atoms with Crippen molar-refractivity contribution < 1.29 is 42.0 Å². The number of rotatable bonds is 9. The number of benzene rings is 3. The van der Waals surface area contributed by atoms with Crippen LogP contribution in [0, 0.1) is 28.9 Å². The van der Waals surface area contributed by atoms with Crippen LogP contribution in [0.15, 0.2) is 66.7 Å². The summed E-state index contributed by atoms with van der Waals surface area (Å²) in [7, 11) is 1.18. The number of pyridine rings is 1. The number of carboxylic acid groups (broad SMARTS) is 1. The highest BCUT2D eigenvalue weighted by atomic mass is 19.2. The predicted molar refractivity (Wildman–Crippen MR) is 126 cm³/mol. The molecule has 0 aliphatic carbocycles. The number of ether oxygens (including phenoxy) is 4. The molecule has 0 atom stereocenters. The molecule has 0 amide bonds. The molecule has 1 heterocycles. The lowest BCUT2D eigenvalue weighted by Crippen LogP contribution is -2.05. The van der Waals surface area contributed by atoms with Crippen molar-refractivity contribution in [1.29, 1.82) is 5.26 Å². The first-order chi connectivity index (χ1) is 18.3. The Hall–Kier alpha value is -5.24. The smallest absolute Gasteiger partial charge is 0.335 e. The van der Waals surface area contributed by atoms with Crippen molar-refractivity contribution in [2.24, 2.45) is 0 Å². The Bertz CT molecular complexity index is 1540. The quantitative estimate of drug-likeness (QED) is 0.257. The van der Waals surface area contributed by atoms with Gasteiger partial charge in [0.25, 0.3) is 11.8 Å². The van der Waals surface area contributed by atoms with E-state index in [1.807, 2.05) is 24.3 Å². The lowest BCUT2D eigenvalue weighted by molar-refractivity contribution is 0.0696. The third-order valence-electron chi connectivity index (χ3n) is 5.11. The van der Waals surface area contributed by atoms with Crippen LogP contribution in [0.25, 0.3) is 0 Å². The Balaban J connectivity index is 1.69. The molecule has 38 heavy (non-hydrogen) atoms. The molecule has 0 saturated carbocycles. The standard InChI is InChI=1S/C27H17F3N2O6/c1-35-20-12-17(27(33)34)8-10-19(20)37-24-22(28)25(30)32-26(23(24)29)38-21-11-16(13-31)7-9-18(21)36-14-15-5-3-2-4-6-15/h2-12H,14H2,1H3,(H,33,34). The van der Waals surface area contributed by atoms with E-state index in [0.717, 1.165) is 23.8 Å². The molecule has 3 aromatic carbocycles. The van der Waals surface area contributed by atoms with Gasteiger partial charge >= 0.3 is 5.97 Å². The maximum absolute atomic E-state index is 15.3. The van der Waals surface area contributed by atoms with Gasteiger partial charge < -0.3 is 24.1 Å². The molecular formula is C27H17F3N2O6. The molecule has 1 aromatic heterocycles. The summed E-state index contributed by atoms with van der Waals surface area (Å²) in [6.45, 7) is 0.0945. The third-order valence-corrected chi connectivity index (χ3v) is 5.11. The number of nitriles is 1. The van der Waals surface area contributed by atoms with Gasteiger partial charge in [-0.05, 0) is 35.9 Å². The minimum absolute atomic E-state index is 0.0761. The van der Waals surface area contributed by atoms with Crippen molar-refractivity contribution in [3.05, 3.63) is 101 Å². The summed E-state index contributed by atoms with van der Waals surface area (Å²) in [5, 5.41) is 18.4. The van der Waals surface area contributed by atoms with Crippen LogP contribution < -0.4 is 18.9 Å². The molecule has 0 radical (unpaired) electrons. The number of aromatic nitrogens is 1. The predicted octanol–water partition coefficient (Wildman–Crippen LogP) is 6.24. The molecule has 8 nitrogen and oxygen atoms in total. The molecular weight excluding hydrogens is 505 g/mol. The van der Waals surface area contributed by atoms with Crippen molar-refractivity contribution in [1.82, 2.24) is 4.98 Å². The Kier molecular flexibility index (Phi) is 7.63. The topological polar surface area (TPSA) is 111 Å². The van der Waals surface area contributed by atoms with Crippen LogP contribution in [0.2, 0.25) is 0 Å². The van der Waals surface area contributed by atoms with E-state index >= 15 is 4.39 Å². The average molecular weight is 522 g/mol. The van der Waals surface area contributed by atoms with E-state index in [2.05, 4.69) is 4.98 Å². The number of methoxy groups -OCH3 is 1. The Morgan fingerprint density at radius 1 is 0.921 bits per heavy atom. The molecule has 0 unspecified atom stereocenters. The van der Waals surface area contributed by atoms with Gasteiger partial charge in [0.1, 0.15) is 6.61 Å². The zero-order valence-corrected chi connectivity index (χ0v) is 19.6. The van der Waals surface area contributed by atoms with Crippen molar-refractivity contribution in [2.75, 3.05) is 7.11 Å². The van der Waals surface area contributed by atoms with Crippen LogP contribution in [0.4, 0.5) is 13.2 Å². The lowest BCUT2D eigenvalue weighted by atomic mass is 10.2. The molecule has 192 valence electrons. The molecule has 0 spiro atoms. The summed E-state index contributed by atoms with van der Waals surface area (Å²) in [5.41, 5.74) is 0.744. The van der Waals surface area contributed by atoms with Crippen LogP contribution in [-0.2, 0) is 6.61 Å². The highest BCUT2D eigenvalue weighted by Gasteiger charge is 2.26. The van der Waals surface area contributed by atoms with Gasteiger partial charge in [-0.2, -0.15) is 23.4 Å². The molecule has 1 N–H and O–H groups in total. The Labute approximate surface area is 214 Å². The first-order valence-corrected chi connectivity index (χ1v) is 10.8. The van der Waals surface area contributed by atoms with E-state index < -0.39 is 35.2 Å². The minimum Gasteiger partial charge on any atom is -0.493 e. The number of hydrogen-bond acceptors (Lipinski definition) is 7. The van der Waals surface area contributed by atoms with Crippen molar-refractivity contribution in [3.63, 3.8) is 0 Å². The molecule has 0 aliphatic heterocycles. The minimum atomic E-state index is -1.76. The van der Waals surface area contributed by atoms with Gasteiger partial charge in [0.15, 0.2) is 23.0 Å². The summed E-state index contributed by atoms with van der Waals surface area (Å²) in [6.07, 6.45) is 0. The van der Waals surface area contributed by atoms with E-state index in [-0.39, 0.29) is 40.7 Å². The summed E-state index contributed by atoms with van der Waals surface area (Å²) in [6, 6.07) is 18.3. The monoisotopic (exact) mass is 522 g/mol. The van der Waals surface area contributed by atoms with Gasteiger partial charge in [-0.1, -0.05) is 30.3 Å². The Morgan fingerprint density at radius 3 is 2.34 bits per heavy atom. The zero-order chi connectivity index (χ0) is 27.2. The molecule has 11 heteroatoms. The van der Waals surface area contributed by atoms with Gasteiger partial charge in [-0.15, -0.1) is 0 Å². The van der Waals surface area contributed by atoms with Gasteiger partial charge in [0.2, 0.25) is 17.4 Å². The summed E-state index contributed by atoms with van der Waals surface area (Å²) in [4.78, 5) is 14.4. The SMILES string of the molecule is COc1cc(C(=O)O)ccc1Oc1c(F)c(F)nc(Oc2cc(C#N)ccc2OCc2ccccc2)c1F. The highest BCUT2D eigenvalue weighted by Crippen LogP contribution is 2.40. The van der Waals surface area contributed by atoms with E-state index in [0.29, 0.717) is 0 Å². The number of aromatic carboxylic acids is 1. The van der Waals surface area contributed by atoms with Crippen LogP contribution in [0.1, 0.15) is 21.5 Å². The molecule has 4 aromatic rings. The van der Waals surface area contributed by atoms with Gasteiger partial charge in [0.05, 0.1) is 24.3 Å². The number of carbonyl (C=O) groups is 1. The van der Waals surface area contributed by atoms with Crippen LogP contribution in [0.5, 0.6) is 34.6 Å². The summed E-state index contributed by atoms with van der Waals surface area (Å²) >= 11 is 0. The fourth-order valence-corrected chi connectivity index (χ4v) is 3.24. The van der Waals surface area contributed by atoms with Crippen molar-refractivity contribution in [3.8, 4) is 40.7 Å². The number of nitrogens with zero attached hydrogens (tertiary/aromatic N) is 2. The number of halogens is 3. The third kappa shape index (κ3) is 5.60. The average Bonchev–Trinajstić information content (AvgIpc) is 2.93. The van der Waals surface area contributed by atoms with Crippen LogP contribution in [0.3, 0.4) is 0 Å². The van der Waals surface area contributed by atoms with E-state index in [1.165, 1.54) is 25.3 Å². The van der Waals surface area contributed by atoms with Crippen molar-refractivity contribution in [2.45, 2.75) is 6.61 Å². The fourth-order valence-electron chi connectivity index (χ4n) is 3.24. The van der Waals surface area contributed by atoms with Gasteiger partial charge in [-0.3, -0.25) is 0 Å². The van der Waals surface area contributed by atoms with E-state index in [1.54, 1.807) is 12.1 Å². The second kappa shape index (κ2) is 11.2. The molecule has 0 saturated heterocycles. The van der Waals surface area contributed by atoms with Gasteiger partial charge in [-0.25, -0.2) is 4.79 Å². The lowest BCUT2D eigenvalue weighted by Gasteiger charge is -2.15. The van der Waals surface area contributed by atoms with Crippen LogP contribution >= 0.6 is 0 Å². The molecule has 0 fully saturated rings. The fraction of sp³-hybridized carbons (Fsp3) is 0.0741. The normalized spacial score (nSPS) is 10.4. The largest absolute Gasteiger partial charge is 0.493 e. The molecule has 0 bridgehead atoms. The summed E-state index contributed by atoms with van der Waals surface area (Å²) in [5.74, 6) is -9.08. The van der Waals surface area contributed by atoms with E-state index in [9.17, 15) is 18.8 Å². The second-order valence-corrected chi connectivity index (χ2v) is 7.59. The first kappa shape index (κ1) is 25.8. The number of hydrogen-bond donors (Lipinski definition) is 1. The first-order valence-electron chi connectivity index (χ1n) is 10.8. The maximum atomic E-state index is 15.3. The van der Waals surface area contributed by atoms with Gasteiger partial charge in [0, 0.05) is 6.07 Å². The van der Waals surface area contributed by atoms with E-state index in [4.69, 9.17) is 24.1 Å². The molecule has 4 rings (SSSR count). The summed E-state index contributed by atoms with van der Waals surface area (Å²) < 4.78 is 65.7. The second-order valence-electron chi connectivity index (χ2n) is 7.59. The number of carboxylic acids is 1. The Morgan fingerprint density at radius 2 is 1.66 bits per heavy atom.